The average Bonchev–Trinajstić information content (AvgIpc) is 3.03. The van der Waals surface area contributed by atoms with Crippen molar-refractivity contribution in [3.8, 4) is 5.75 Å². The largest absolute Gasteiger partial charge is 0.497 e. The summed E-state index contributed by atoms with van der Waals surface area (Å²) in [5.41, 5.74) is 4.03. The van der Waals surface area contributed by atoms with E-state index in [1.165, 1.54) is 17.0 Å². The Morgan fingerprint density at radius 3 is 2.54 bits per heavy atom. The molecule has 0 aromatic heterocycles. The molecule has 2 unspecified atom stereocenters. The molecule has 0 spiro atoms. The van der Waals surface area contributed by atoms with Gasteiger partial charge >= 0.3 is 0 Å². The van der Waals surface area contributed by atoms with E-state index in [1.807, 2.05) is 48.5 Å². The fraction of sp³-hybridized carbons (Fsp3) is 0.214. The maximum atomic E-state index is 14.3. The van der Waals surface area contributed by atoms with Gasteiger partial charge in [-0.25, -0.2) is 4.39 Å². The number of alkyl halides is 1. The lowest BCUT2D eigenvalue weighted by molar-refractivity contribution is -0.117. The first-order valence-corrected chi connectivity index (χ1v) is 11.9. The summed E-state index contributed by atoms with van der Waals surface area (Å²) in [6, 6.07) is 20.3. The van der Waals surface area contributed by atoms with Crippen molar-refractivity contribution in [3.05, 3.63) is 101 Å². The maximum Gasteiger partial charge on any atom is 0.242 e. The highest BCUT2D eigenvalue weighted by molar-refractivity contribution is 6.30. The lowest BCUT2D eigenvalue weighted by Crippen LogP contribution is -2.39. The fourth-order valence-electron chi connectivity index (χ4n) is 5.03. The first-order chi connectivity index (χ1) is 17.0. The molecule has 7 heteroatoms. The number of halogens is 2. The molecule has 0 saturated carbocycles. The highest BCUT2D eigenvalue weighted by Crippen LogP contribution is 2.47. The quantitative estimate of drug-likeness (QED) is 0.457. The second kappa shape index (κ2) is 9.55. The minimum absolute atomic E-state index is 0.0461. The van der Waals surface area contributed by atoms with Crippen LogP contribution in [0, 0.1) is 5.82 Å². The molecule has 5 nitrogen and oxygen atoms in total. The third-order valence-corrected chi connectivity index (χ3v) is 6.85. The number of nitrogens with zero attached hydrogens (tertiary/aromatic N) is 1. The molecule has 2 aliphatic rings. The molecule has 3 aromatic rings. The molecular weight excluding hydrogens is 467 g/mol. The Morgan fingerprint density at radius 1 is 1.06 bits per heavy atom. The molecule has 0 fully saturated rings. The monoisotopic (exact) mass is 490 g/mol. The number of amides is 1. The minimum Gasteiger partial charge on any atom is -0.497 e. The van der Waals surface area contributed by atoms with Crippen LogP contribution in [0.3, 0.4) is 0 Å². The summed E-state index contributed by atoms with van der Waals surface area (Å²) in [5.74, 6) is -0.462. The third kappa shape index (κ3) is 4.30. The van der Waals surface area contributed by atoms with Gasteiger partial charge in [-0.1, -0.05) is 36.4 Å². The molecule has 1 aliphatic heterocycles. The van der Waals surface area contributed by atoms with Gasteiger partial charge in [0.15, 0.2) is 5.78 Å². The van der Waals surface area contributed by atoms with Gasteiger partial charge in [-0.05, 0) is 59.9 Å². The standard InChI is InChI=1S/C28H24ClFN2O3/c1-35-21-11-9-17(10-12-21)19-14-23-27(25(33)15-19)28(18-5-4-6-20(30)13-18)32(26(34)16-29)24-8-3-2-7-22(24)31-23/h2-13,19,28,31H,14-16H2,1H3. The number of hydrogen-bond acceptors (Lipinski definition) is 4. The minimum atomic E-state index is -0.799. The summed E-state index contributed by atoms with van der Waals surface area (Å²) in [6.45, 7) is 0. The van der Waals surface area contributed by atoms with E-state index < -0.39 is 11.9 Å². The summed E-state index contributed by atoms with van der Waals surface area (Å²) in [4.78, 5) is 28.5. The molecule has 0 bridgehead atoms. The van der Waals surface area contributed by atoms with Crippen molar-refractivity contribution >= 4 is 34.7 Å². The lowest BCUT2D eigenvalue weighted by atomic mass is 9.78. The highest BCUT2D eigenvalue weighted by Gasteiger charge is 2.41. The van der Waals surface area contributed by atoms with Gasteiger partial charge < -0.3 is 10.1 Å². The van der Waals surface area contributed by atoms with E-state index in [9.17, 15) is 14.0 Å². The molecule has 1 N–H and O–H groups in total. The number of allylic oxidation sites excluding steroid dienone is 1. The molecule has 0 saturated heterocycles. The maximum absolute atomic E-state index is 14.3. The number of rotatable bonds is 4. The van der Waals surface area contributed by atoms with Gasteiger partial charge in [-0.3, -0.25) is 14.5 Å². The third-order valence-electron chi connectivity index (χ3n) is 6.62. The van der Waals surface area contributed by atoms with Crippen LogP contribution in [0.1, 0.15) is 35.9 Å². The van der Waals surface area contributed by atoms with Crippen molar-refractivity contribution in [2.24, 2.45) is 0 Å². The molecule has 3 aromatic carbocycles. The molecule has 1 heterocycles. The van der Waals surface area contributed by atoms with E-state index in [1.54, 1.807) is 19.2 Å². The van der Waals surface area contributed by atoms with Crippen LogP contribution in [0.5, 0.6) is 5.75 Å². The van der Waals surface area contributed by atoms with Gasteiger partial charge in [0, 0.05) is 17.7 Å². The van der Waals surface area contributed by atoms with Gasteiger partial charge in [0.2, 0.25) is 5.91 Å². The number of nitrogens with one attached hydrogen (secondary N) is 1. The van der Waals surface area contributed by atoms with Gasteiger partial charge in [0.1, 0.15) is 17.4 Å². The van der Waals surface area contributed by atoms with E-state index in [0.29, 0.717) is 28.9 Å². The number of Topliss-reactive ketones (excluding diaryl/α,β-unsaturated/α-hetero) is 1. The zero-order valence-electron chi connectivity index (χ0n) is 19.1. The number of ether oxygens (including phenoxy) is 1. The number of hydrogen-bond donors (Lipinski definition) is 1. The lowest BCUT2D eigenvalue weighted by Gasteiger charge is -2.35. The second-order valence-electron chi connectivity index (χ2n) is 8.69. The number of carbonyl (C=O) groups is 2. The Morgan fingerprint density at radius 2 is 1.83 bits per heavy atom. The Labute approximate surface area is 208 Å². The molecule has 35 heavy (non-hydrogen) atoms. The van der Waals surface area contributed by atoms with Crippen LogP contribution in [-0.2, 0) is 9.59 Å². The Bertz CT molecular complexity index is 1320. The first-order valence-electron chi connectivity index (χ1n) is 11.4. The summed E-state index contributed by atoms with van der Waals surface area (Å²) in [7, 11) is 1.61. The molecule has 178 valence electrons. The normalized spacial score (nSPS) is 19.4. The van der Waals surface area contributed by atoms with Crippen molar-refractivity contribution in [2.45, 2.75) is 24.8 Å². The predicted octanol–water partition coefficient (Wildman–Crippen LogP) is 5.97. The molecular formula is C28H24ClFN2O3. The molecule has 2 atom stereocenters. The number of para-hydroxylation sites is 2. The van der Waals surface area contributed by atoms with Crippen LogP contribution in [0.25, 0.3) is 0 Å². The summed E-state index contributed by atoms with van der Waals surface area (Å²) in [6.07, 6.45) is 0.842. The van der Waals surface area contributed by atoms with Crippen LogP contribution >= 0.6 is 11.6 Å². The molecule has 0 radical (unpaired) electrons. The SMILES string of the molecule is COc1ccc(C2CC(=O)C3=C(C2)Nc2ccccc2N(C(=O)CCl)C3c2cccc(F)c2)cc1. The molecule has 1 aliphatic carbocycles. The summed E-state index contributed by atoms with van der Waals surface area (Å²) < 4.78 is 19.6. The Hall–Kier alpha value is -3.64. The van der Waals surface area contributed by atoms with Gasteiger partial charge in [-0.2, -0.15) is 0 Å². The van der Waals surface area contributed by atoms with E-state index in [2.05, 4.69) is 5.32 Å². The van der Waals surface area contributed by atoms with Gasteiger partial charge in [-0.15, -0.1) is 11.6 Å². The Balaban J connectivity index is 1.68. The first kappa shape index (κ1) is 23.1. The van der Waals surface area contributed by atoms with Crippen molar-refractivity contribution in [3.63, 3.8) is 0 Å². The van der Waals surface area contributed by atoms with Gasteiger partial charge in [0.25, 0.3) is 0 Å². The van der Waals surface area contributed by atoms with Crippen LogP contribution in [0.15, 0.2) is 84.1 Å². The summed E-state index contributed by atoms with van der Waals surface area (Å²) in [5, 5.41) is 3.44. The van der Waals surface area contributed by atoms with Crippen molar-refractivity contribution in [1.82, 2.24) is 0 Å². The topological polar surface area (TPSA) is 58.6 Å². The van der Waals surface area contributed by atoms with E-state index >= 15 is 0 Å². The van der Waals surface area contributed by atoms with Crippen molar-refractivity contribution in [1.29, 1.82) is 0 Å². The predicted molar refractivity (Wildman–Crippen MR) is 134 cm³/mol. The van der Waals surface area contributed by atoms with Crippen LogP contribution < -0.4 is 15.0 Å². The number of methoxy groups -OCH3 is 1. The van der Waals surface area contributed by atoms with Crippen LogP contribution in [-0.4, -0.2) is 24.7 Å². The van der Waals surface area contributed by atoms with Crippen LogP contribution in [0.4, 0.5) is 15.8 Å². The van der Waals surface area contributed by atoms with E-state index in [0.717, 1.165) is 17.0 Å². The zero-order chi connectivity index (χ0) is 24.5. The second-order valence-corrected chi connectivity index (χ2v) is 8.96. The zero-order valence-corrected chi connectivity index (χ0v) is 19.9. The van der Waals surface area contributed by atoms with Crippen LogP contribution in [0.2, 0.25) is 0 Å². The number of fused-ring (bicyclic) bond motifs is 1. The number of benzene rings is 3. The van der Waals surface area contributed by atoms with Gasteiger partial charge in [0.05, 0.1) is 24.5 Å². The van der Waals surface area contributed by atoms with E-state index in [4.69, 9.17) is 16.3 Å². The highest BCUT2D eigenvalue weighted by atomic mass is 35.5. The number of anilines is 2. The number of carbonyl (C=O) groups excluding carboxylic acids is 2. The van der Waals surface area contributed by atoms with E-state index in [-0.39, 0.29) is 29.9 Å². The fourth-order valence-corrected chi connectivity index (χ4v) is 5.16. The smallest absolute Gasteiger partial charge is 0.242 e. The summed E-state index contributed by atoms with van der Waals surface area (Å²) >= 11 is 6.03. The Kier molecular flexibility index (Phi) is 6.31. The molecule has 1 amide bonds. The van der Waals surface area contributed by atoms with Crippen molar-refractivity contribution < 1.29 is 18.7 Å². The molecule has 5 rings (SSSR count). The average molecular weight is 491 g/mol. The van der Waals surface area contributed by atoms with Crippen molar-refractivity contribution in [2.75, 3.05) is 23.2 Å². The number of ketones is 1.